The minimum atomic E-state index is -0.489. The van der Waals surface area contributed by atoms with Gasteiger partial charge in [0.15, 0.2) is 0 Å². The van der Waals surface area contributed by atoms with E-state index in [2.05, 4.69) is 0 Å². The van der Waals surface area contributed by atoms with Crippen LogP contribution in [0.3, 0.4) is 0 Å². The number of rotatable bonds is 5. The first-order chi connectivity index (χ1) is 7.90. The van der Waals surface area contributed by atoms with Crippen molar-refractivity contribution in [3.63, 3.8) is 0 Å². The van der Waals surface area contributed by atoms with Gasteiger partial charge in [0.05, 0.1) is 12.2 Å². The smallest absolute Gasteiger partial charge is 0.326 e. The van der Waals surface area contributed by atoms with Crippen molar-refractivity contribution in [3.05, 3.63) is 24.0 Å². The lowest BCUT2D eigenvalue weighted by Gasteiger charge is -2.12. The van der Waals surface area contributed by atoms with Crippen molar-refractivity contribution in [2.75, 3.05) is 0 Å². The van der Waals surface area contributed by atoms with Crippen molar-refractivity contribution in [1.82, 2.24) is 4.57 Å². The Morgan fingerprint density at radius 2 is 2.06 bits per heavy atom. The standard InChI is InChI=1S/C13H21NO3/c1-9(2)13(16)11-5-6-14(7-11)8-12(15)17-10(3)4/h5-7,9-10,13,16H,8H2,1-4H3. The first-order valence-electron chi connectivity index (χ1n) is 5.93. The summed E-state index contributed by atoms with van der Waals surface area (Å²) in [5, 5.41) is 9.86. The van der Waals surface area contributed by atoms with Gasteiger partial charge in [-0.1, -0.05) is 13.8 Å². The third-order valence-corrected chi connectivity index (χ3v) is 2.43. The summed E-state index contributed by atoms with van der Waals surface area (Å²) in [6.45, 7) is 7.73. The predicted molar refractivity (Wildman–Crippen MR) is 65.5 cm³/mol. The zero-order valence-corrected chi connectivity index (χ0v) is 10.9. The Balaban J connectivity index is 2.60. The van der Waals surface area contributed by atoms with Gasteiger partial charge in [-0.3, -0.25) is 4.79 Å². The number of carbonyl (C=O) groups is 1. The van der Waals surface area contributed by atoms with Gasteiger partial charge in [0.2, 0.25) is 0 Å². The van der Waals surface area contributed by atoms with Gasteiger partial charge in [-0.2, -0.15) is 0 Å². The summed E-state index contributed by atoms with van der Waals surface area (Å²) in [5.41, 5.74) is 0.831. The molecule has 96 valence electrons. The molecule has 0 amide bonds. The highest BCUT2D eigenvalue weighted by Gasteiger charge is 2.14. The summed E-state index contributed by atoms with van der Waals surface area (Å²) in [6, 6.07) is 1.83. The van der Waals surface area contributed by atoms with Gasteiger partial charge in [0, 0.05) is 12.4 Å². The first kappa shape index (κ1) is 13.8. The maximum Gasteiger partial charge on any atom is 0.326 e. The normalized spacial score (nSPS) is 13.1. The van der Waals surface area contributed by atoms with E-state index in [1.807, 2.05) is 33.8 Å². The summed E-state index contributed by atoms with van der Waals surface area (Å²) in [6.07, 6.45) is 2.98. The number of aromatic nitrogens is 1. The molecule has 0 spiro atoms. The molecule has 17 heavy (non-hydrogen) atoms. The van der Waals surface area contributed by atoms with Gasteiger partial charge in [-0.05, 0) is 31.4 Å². The Kier molecular flexibility index (Phi) is 4.75. The lowest BCUT2D eigenvalue weighted by molar-refractivity contribution is -0.148. The van der Waals surface area contributed by atoms with Gasteiger partial charge in [0.25, 0.3) is 0 Å². The molecule has 0 aliphatic rings. The van der Waals surface area contributed by atoms with Crippen LogP contribution in [0.4, 0.5) is 0 Å². The Hall–Kier alpha value is -1.29. The largest absolute Gasteiger partial charge is 0.462 e. The lowest BCUT2D eigenvalue weighted by Crippen LogP contribution is -2.16. The molecule has 1 rings (SSSR count). The second kappa shape index (κ2) is 5.87. The van der Waals surface area contributed by atoms with Crippen molar-refractivity contribution in [3.8, 4) is 0 Å². The third kappa shape index (κ3) is 4.23. The second-order valence-electron chi connectivity index (χ2n) is 4.84. The molecule has 1 atom stereocenters. The fraction of sp³-hybridized carbons (Fsp3) is 0.615. The Morgan fingerprint density at radius 3 is 2.59 bits per heavy atom. The van der Waals surface area contributed by atoms with Crippen molar-refractivity contribution < 1.29 is 14.6 Å². The van der Waals surface area contributed by atoms with Crippen molar-refractivity contribution >= 4 is 5.97 Å². The van der Waals surface area contributed by atoms with E-state index in [1.54, 1.807) is 17.0 Å². The molecule has 1 N–H and O–H groups in total. The van der Waals surface area contributed by atoms with Gasteiger partial charge < -0.3 is 14.4 Å². The predicted octanol–water partition coefficient (Wildman–Crippen LogP) is 2.13. The number of aliphatic hydroxyl groups is 1. The van der Waals surface area contributed by atoms with Crippen LogP contribution >= 0.6 is 0 Å². The van der Waals surface area contributed by atoms with E-state index in [4.69, 9.17) is 4.74 Å². The zero-order valence-electron chi connectivity index (χ0n) is 10.9. The fourth-order valence-corrected chi connectivity index (χ4v) is 1.57. The number of carbonyl (C=O) groups excluding carboxylic acids is 1. The maximum atomic E-state index is 11.4. The third-order valence-electron chi connectivity index (χ3n) is 2.43. The Labute approximate surface area is 102 Å². The number of hydrogen-bond donors (Lipinski definition) is 1. The van der Waals surface area contributed by atoms with E-state index in [1.165, 1.54) is 0 Å². The van der Waals surface area contributed by atoms with Crippen LogP contribution in [0.1, 0.15) is 39.4 Å². The molecule has 1 heterocycles. The highest BCUT2D eigenvalue weighted by atomic mass is 16.5. The number of nitrogens with zero attached hydrogens (tertiary/aromatic N) is 1. The average molecular weight is 239 g/mol. The molecule has 4 heteroatoms. The molecule has 0 saturated heterocycles. The molecule has 1 aromatic heterocycles. The van der Waals surface area contributed by atoms with Crippen molar-refractivity contribution in [2.24, 2.45) is 5.92 Å². The van der Waals surface area contributed by atoms with Crippen LogP contribution in [0.25, 0.3) is 0 Å². The lowest BCUT2D eigenvalue weighted by atomic mass is 10.0. The molecule has 0 aliphatic carbocycles. The molecular formula is C13H21NO3. The number of ether oxygens (including phenoxy) is 1. The van der Waals surface area contributed by atoms with Crippen LogP contribution in [0.5, 0.6) is 0 Å². The molecule has 4 nitrogen and oxygen atoms in total. The minimum Gasteiger partial charge on any atom is -0.462 e. The van der Waals surface area contributed by atoms with Gasteiger partial charge >= 0.3 is 5.97 Å². The van der Waals surface area contributed by atoms with Gasteiger partial charge in [-0.15, -0.1) is 0 Å². The van der Waals surface area contributed by atoms with Gasteiger partial charge in [-0.25, -0.2) is 0 Å². The fourth-order valence-electron chi connectivity index (χ4n) is 1.57. The summed E-state index contributed by atoms with van der Waals surface area (Å²) >= 11 is 0. The molecule has 0 saturated carbocycles. The Bertz CT molecular complexity index is 368. The molecule has 0 aliphatic heterocycles. The second-order valence-corrected chi connectivity index (χ2v) is 4.84. The van der Waals surface area contributed by atoms with Crippen LogP contribution in [-0.4, -0.2) is 21.7 Å². The summed E-state index contributed by atoms with van der Waals surface area (Å²) < 4.78 is 6.78. The van der Waals surface area contributed by atoms with E-state index >= 15 is 0 Å². The van der Waals surface area contributed by atoms with Gasteiger partial charge in [0.1, 0.15) is 6.54 Å². The van der Waals surface area contributed by atoms with Crippen molar-refractivity contribution in [1.29, 1.82) is 0 Å². The van der Waals surface area contributed by atoms with E-state index in [0.717, 1.165) is 5.56 Å². The maximum absolute atomic E-state index is 11.4. The molecule has 0 bridgehead atoms. The minimum absolute atomic E-state index is 0.0983. The summed E-state index contributed by atoms with van der Waals surface area (Å²) in [5.74, 6) is -0.102. The molecule has 1 unspecified atom stereocenters. The van der Waals surface area contributed by atoms with Crippen LogP contribution in [0.15, 0.2) is 18.5 Å². The molecule has 1 aromatic rings. The first-order valence-corrected chi connectivity index (χ1v) is 5.93. The SMILES string of the molecule is CC(C)OC(=O)Cn1ccc(C(O)C(C)C)c1. The van der Waals surface area contributed by atoms with E-state index in [-0.39, 0.29) is 24.5 Å². The molecule has 0 fully saturated rings. The quantitative estimate of drug-likeness (QED) is 0.801. The average Bonchev–Trinajstić information content (AvgIpc) is 2.63. The number of aliphatic hydroxyl groups excluding tert-OH is 1. The van der Waals surface area contributed by atoms with Crippen molar-refractivity contribution in [2.45, 2.75) is 46.4 Å². The summed E-state index contributed by atoms with van der Waals surface area (Å²) in [7, 11) is 0. The molecule has 0 aromatic carbocycles. The number of esters is 1. The van der Waals surface area contributed by atoms with E-state index in [0.29, 0.717) is 0 Å². The van der Waals surface area contributed by atoms with Crippen LogP contribution < -0.4 is 0 Å². The van der Waals surface area contributed by atoms with E-state index in [9.17, 15) is 9.90 Å². The Morgan fingerprint density at radius 1 is 1.41 bits per heavy atom. The van der Waals surface area contributed by atoms with Crippen LogP contribution in [0.2, 0.25) is 0 Å². The van der Waals surface area contributed by atoms with Crippen LogP contribution in [0, 0.1) is 5.92 Å². The zero-order chi connectivity index (χ0) is 13.0. The topological polar surface area (TPSA) is 51.5 Å². The number of hydrogen-bond acceptors (Lipinski definition) is 3. The van der Waals surface area contributed by atoms with E-state index < -0.39 is 6.10 Å². The van der Waals surface area contributed by atoms with Crippen LogP contribution in [-0.2, 0) is 16.1 Å². The highest BCUT2D eigenvalue weighted by molar-refractivity contribution is 5.69. The monoisotopic (exact) mass is 239 g/mol. The summed E-state index contributed by atoms with van der Waals surface area (Å²) in [4.78, 5) is 11.4. The molecule has 0 radical (unpaired) electrons. The molecular weight excluding hydrogens is 218 g/mol. The highest BCUT2D eigenvalue weighted by Crippen LogP contribution is 2.21.